The summed E-state index contributed by atoms with van der Waals surface area (Å²) < 4.78 is 22.2. The Kier molecular flexibility index (Phi) is 13.1. The molecule has 198 valence electrons. The van der Waals surface area contributed by atoms with Crippen LogP contribution in [0.3, 0.4) is 0 Å². The second-order valence-electron chi connectivity index (χ2n) is 8.91. The zero-order valence-corrected chi connectivity index (χ0v) is 24.4. The molecule has 0 radical (unpaired) electrons. The van der Waals surface area contributed by atoms with Crippen molar-refractivity contribution in [1.82, 2.24) is 4.98 Å². The number of pyridine rings is 1. The summed E-state index contributed by atoms with van der Waals surface area (Å²) in [6.45, 7) is 5.07. The molecular weight excluding hydrogens is 521 g/mol. The maximum absolute atomic E-state index is 11.0. The summed E-state index contributed by atoms with van der Waals surface area (Å²) in [5, 5.41) is 0.388. The van der Waals surface area contributed by atoms with Crippen molar-refractivity contribution >= 4 is 30.9 Å². The Morgan fingerprint density at radius 2 is 1.65 bits per heavy atom. The first kappa shape index (κ1) is 29.3. The van der Waals surface area contributed by atoms with E-state index in [1.54, 1.807) is 17.4 Å². The van der Waals surface area contributed by atoms with Crippen LogP contribution in [0.5, 0.6) is 10.8 Å². The van der Waals surface area contributed by atoms with Gasteiger partial charge in [-0.05, 0) is 37.1 Å². The lowest BCUT2D eigenvalue weighted by atomic mass is 10.1. The van der Waals surface area contributed by atoms with Gasteiger partial charge in [0.15, 0.2) is 0 Å². The predicted octanol–water partition coefficient (Wildman–Crippen LogP) is 9.63. The molecule has 0 bridgehead atoms. The van der Waals surface area contributed by atoms with Crippen molar-refractivity contribution in [1.29, 1.82) is 0 Å². The van der Waals surface area contributed by atoms with E-state index in [0.717, 1.165) is 50.9 Å². The highest BCUT2D eigenvalue weighted by Crippen LogP contribution is 2.41. The van der Waals surface area contributed by atoms with E-state index >= 15 is 0 Å². The van der Waals surface area contributed by atoms with Gasteiger partial charge in [0.2, 0.25) is 5.06 Å². The van der Waals surface area contributed by atoms with Crippen LogP contribution in [-0.2, 0) is 4.57 Å². The van der Waals surface area contributed by atoms with Crippen LogP contribution < -0.4 is 9.26 Å². The van der Waals surface area contributed by atoms with Gasteiger partial charge in [0.25, 0.3) is 0 Å². The summed E-state index contributed by atoms with van der Waals surface area (Å²) in [6, 6.07) is 9.68. The number of hydrogen-bond acceptors (Lipinski definition) is 6. The highest BCUT2D eigenvalue weighted by molar-refractivity contribution is 7.33. The van der Waals surface area contributed by atoms with Crippen LogP contribution in [0.1, 0.15) is 89.4 Å². The van der Waals surface area contributed by atoms with Gasteiger partial charge < -0.3 is 4.74 Å². The minimum atomic E-state index is -2.70. The molecule has 0 spiro atoms. The monoisotopic (exact) mass is 558 g/mol. The largest absolute Gasteiger partial charge is 0.748 e. The van der Waals surface area contributed by atoms with Crippen molar-refractivity contribution in [2.45, 2.75) is 84.5 Å². The summed E-state index contributed by atoms with van der Waals surface area (Å²) in [7, 11) is -2.70. The van der Waals surface area contributed by atoms with Gasteiger partial charge in [0.05, 0.1) is 27.6 Å². The van der Waals surface area contributed by atoms with Crippen molar-refractivity contribution in [3.63, 3.8) is 0 Å². The molecule has 1 unspecified atom stereocenters. The molecule has 5 nitrogen and oxygen atoms in total. The second-order valence-corrected chi connectivity index (χ2v) is 11.7. The number of nitrogens with zero attached hydrogens (tertiary/aromatic N) is 1. The van der Waals surface area contributed by atoms with E-state index in [2.05, 4.69) is 37.8 Å². The molecule has 0 saturated carbocycles. The Morgan fingerprint density at radius 3 is 2.43 bits per heavy atom. The van der Waals surface area contributed by atoms with Crippen LogP contribution in [0.25, 0.3) is 21.0 Å². The number of rotatable bonds is 16. The fourth-order valence-electron chi connectivity index (χ4n) is 3.86. The summed E-state index contributed by atoms with van der Waals surface area (Å²) in [5.74, 6) is 7.40. The molecular formula is C29H37NO4PS2+. The van der Waals surface area contributed by atoms with Crippen LogP contribution in [0, 0.1) is 11.8 Å². The summed E-state index contributed by atoms with van der Waals surface area (Å²) in [4.78, 5) is 16.8. The van der Waals surface area contributed by atoms with Gasteiger partial charge in [0, 0.05) is 28.1 Å². The topological polar surface area (TPSA) is 68.7 Å². The minimum Gasteiger partial charge on any atom is -0.493 e. The summed E-state index contributed by atoms with van der Waals surface area (Å²) >= 11 is 2.95. The van der Waals surface area contributed by atoms with Crippen molar-refractivity contribution in [2.24, 2.45) is 0 Å². The van der Waals surface area contributed by atoms with E-state index < -0.39 is 8.25 Å². The Balaban J connectivity index is 1.70. The van der Waals surface area contributed by atoms with Crippen LogP contribution in [-0.4, -0.2) is 16.5 Å². The highest BCUT2D eigenvalue weighted by Gasteiger charge is 2.19. The molecule has 0 aliphatic rings. The fraction of sp³-hybridized carbons (Fsp3) is 0.483. The minimum absolute atomic E-state index is 0.388. The predicted molar refractivity (Wildman–Crippen MR) is 156 cm³/mol. The number of thiophene rings is 2. The van der Waals surface area contributed by atoms with Crippen molar-refractivity contribution in [3.8, 4) is 43.7 Å². The van der Waals surface area contributed by atoms with Gasteiger partial charge in [-0.15, -0.1) is 16.2 Å². The van der Waals surface area contributed by atoms with Crippen molar-refractivity contribution in [2.75, 3.05) is 6.61 Å². The molecule has 0 saturated heterocycles. The van der Waals surface area contributed by atoms with Gasteiger partial charge in [0.1, 0.15) is 5.75 Å². The van der Waals surface area contributed by atoms with Gasteiger partial charge in [-0.2, -0.15) is 0 Å². The van der Waals surface area contributed by atoms with Crippen LogP contribution >= 0.6 is 30.9 Å². The molecule has 3 heterocycles. The fourth-order valence-corrected chi connectivity index (χ4v) is 6.02. The number of ether oxygens (including phenoxy) is 1. The average molecular weight is 559 g/mol. The van der Waals surface area contributed by atoms with Crippen LogP contribution in [0.4, 0.5) is 0 Å². The van der Waals surface area contributed by atoms with E-state index in [9.17, 15) is 4.57 Å². The molecule has 1 N–H and O–H groups in total. The van der Waals surface area contributed by atoms with E-state index in [0.29, 0.717) is 11.7 Å². The normalized spacial score (nSPS) is 11.2. The molecule has 0 fully saturated rings. The lowest BCUT2D eigenvalue weighted by Crippen LogP contribution is -1.99. The Bertz CT molecular complexity index is 1180. The van der Waals surface area contributed by atoms with E-state index in [-0.39, 0.29) is 0 Å². The lowest BCUT2D eigenvalue weighted by molar-refractivity contribution is 0.306. The van der Waals surface area contributed by atoms with Crippen LogP contribution in [0.15, 0.2) is 36.5 Å². The smallest absolute Gasteiger partial charge is 0.493 e. The van der Waals surface area contributed by atoms with E-state index in [1.807, 2.05) is 18.3 Å². The second kappa shape index (κ2) is 16.6. The van der Waals surface area contributed by atoms with Gasteiger partial charge in [-0.3, -0.25) is 4.98 Å². The first-order valence-corrected chi connectivity index (χ1v) is 16.0. The molecule has 37 heavy (non-hydrogen) atoms. The standard InChI is InChI=1S/C29H36NO4PS2/c1-3-5-7-9-10-11-12-13-15-23-16-17-28(36-23)25-21-26(33-20-14-8-6-4-2)24(22-30-25)27-18-19-29(37-27)34-35(31)32/h16-19,21-22H,3-12,14,20H2,1-2H3/p+1. The van der Waals surface area contributed by atoms with Gasteiger partial charge in [-0.1, -0.05) is 88.4 Å². The maximum Gasteiger partial charge on any atom is 0.748 e. The number of aromatic nitrogens is 1. The average Bonchev–Trinajstić information content (AvgIpc) is 3.55. The van der Waals surface area contributed by atoms with Crippen LogP contribution in [0.2, 0.25) is 0 Å². The molecule has 8 heteroatoms. The Hall–Kier alpha value is -2.23. The van der Waals surface area contributed by atoms with E-state index in [4.69, 9.17) is 19.1 Å². The van der Waals surface area contributed by atoms with Crippen molar-refractivity contribution in [3.05, 3.63) is 41.4 Å². The molecule has 3 rings (SSSR count). The Labute approximate surface area is 230 Å². The third kappa shape index (κ3) is 10.2. The zero-order chi connectivity index (χ0) is 26.3. The Morgan fingerprint density at radius 1 is 0.919 bits per heavy atom. The number of unbranched alkanes of at least 4 members (excludes halogenated alkanes) is 9. The first-order valence-electron chi connectivity index (χ1n) is 13.3. The lowest BCUT2D eigenvalue weighted by Gasteiger charge is -2.11. The third-order valence-corrected chi connectivity index (χ3v) is 8.36. The highest BCUT2D eigenvalue weighted by atomic mass is 32.1. The molecule has 0 aliphatic carbocycles. The summed E-state index contributed by atoms with van der Waals surface area (Å²) in [5.41, 5.74) is 1.70. The molecule has 0 aromatic carbocycles. The molecule has 0 aliphatic heterocycles. The van der Waals surface area contributed by atoms with E-state index in [1.165, 1.54) is 62.7 Å². The van der Waals surface area contributed by atoms with Gasteiger partial charge in [-0.25, -0.2) is 4.52 Å². The molecule has 0 amide bonds. The first-order chi connectivity index (χ1) is 18.1. The van der Waals surface area contributed by atoms with Crippen molar-refractivity contribution < 1.29 is 18.7 Å². The SMILES string of the molecule is CCCCCCCCC#Cc1ccc(-c2cc(OCCCCCC)c(-c3ccc(O[P+](=O)O)s3)cn2)s1. The molecule has 3 aromatic rings. The maximum atomic E-state index is 11.0. The zero-order valence-electron chi connectivity index (χ0n) is 21.8. The molecule has 3 aromatic heterocycles. The quantitative estimate of drug-likeness (QED) is 0.108. The number of hydrogen-bond donors (Lipinski definition) is 1. The third-order valence-electron chi connectivity index (χ3n) is 5.86. The summed E-state index contributed by atoms with van der Waals surface area (Å²) in [6.07, 6.45) is 14.9. The molecule has 1 atom stereocenters. The van der Waals surface area contributed by atoms with Gasteiger partial charge >= 0.3 is 8.25 Å².